The highest BCUT2D eigenvalue weighted by Gasteiger charge is 2.43. The first-order chi connectivity index (χ1) is 13.2. The van der Waals surface area contributed by atoms with Gasteiger partial charge in [0, 0.05) is 37.5 Å². The molecular formula is C22H25N3O2. The molecule has 140 valence electrons. The zero-order valence-corrected chi connectivity index (χ0v) is 15.3. The predicted octanol–water partition coefficient (Wildman–Crippen LogP) is 2.91. The number of hydrogen-bond donors (Lipinski definition) is 2. The summed E-state index contributed by atoms with van der Waals surface area (Å²) in [6.07, 6.45) is 9.27. The maximum Gasteiger partial charge on any atom is 0.243 e. The minimum atomic E-state index is -0.119. The van der Waals surface area contributed by atoms with E-state index < -0.39 is 0 Å². The third kappa shape index (κ3) is 6.06. The molecule has 2 N–H and O–H groups in total. The fraction of sp³-hybridized carbons (Fsp3) is 0.318. The zero-order chi connectivity index (χ0) is 18.9. The first-order valence-electron chi connectivity index (χ1n) is 9.42. The molecule has 3 rings (SSSR count). The molecule has 1 saturated carbocycles. The molecule has 1 aromatic heterocycles. The Hall–Kier alpha value is -2.95. The topological polar surface area (TPSA) is 71.1 Å². The molecule has 2 aromatic rings. The SMILES string of the molecule is O=C(/C=C/c1cccnc1)NCCCCNC(=O)C1CC1c1ccccc1. The molecule has 2 unspecified atom stereocenters. The zero-order valence-electron chi connectivity index (χ0n) is 15.3. The maximum atomic E-state index is 12.2. The van der Waals surface area contributed by atoms with Crippen LogP contribution in [-0.2, 0) is 9.59 Å². The van der Waals surface area contributed by atoms with Gasteiger partial charge in [-0.3, -0.25) is 14.6 Å². The highest BCUT2D eigenvalue weighted by atomic mass is 16.2. The van der Waals surface area contributed by atoms with Crippen LogP contribution in [0.4, 0.5) is 0 Å². The van der Waals surface area contributed by atoms with E-state index >= 15 is 0 Å². The van der Waals surface area contributed by atoms with Crippen LogP contribution >= 0.6 is 0 Å². The van der Waals surface area contributed by atoms with E-state index in [9.17, 15) is 9.59 Å². The van der Waals surface area contributed by atoms with Crippen molar-refractivity contribution in [2.75, 3.05) is 13.1 Å². The number of nitrogens with zero attached hydrogens (tertiary/aromatic N) is 1. The van der Waals surface area contributed by atoms with E-state index in [1.807, 2.05) is 30.3 Å². The molecule has 5 nitrogen and oxygen atoms in total. The molecule has 0 radical (unpaired) electrons. The molecule has 0 aliphatic heterocycles. The average Bonchev–Trinajstić information content (AvgIpc) is 3.51. The van der Waals surface area contributed by atoms with Gasteiger partial charge in [0.2, 0.25) is 11.8 Å². The summed E-state index contributed by atoms with van der Waals surface area (Å²) in [6.45, 7) is 1.25. The predicted molar refractivity (Wildman–Crippen MR) is 106 cm³/mol. The van der Waals surface area contributed by atoms with Crippen LogP contribution in [0.1, 0.15) is 36.3 Å². The molecule has 2 amide bonds. The van der Waals surface area contributed by atoms with Gasteiger partial charge in [0.1, 0.15) is 0 Å². The number of aromatic nitrogens is 1. The lowest BCUT2D eigenvalue weighted by molar-refractivity contribution is -0.122. The number of hydrogen-bond acceptors (Lipinski definition) is 3. The van der Waals surface area contributed by atoms with Crippen molar-refractivity contribution in [3.63, 3.8) is 0 Å². The van der Waals surface area contributed by atoms with Gasteiger partial charge in [-0.25, -0.2) is 0 Å². The highest BCUT2D eigenvalue weighted by molar-refractivity contribution is 5.91. The molecule has 1 aliphatic carbocycles. The molecule has 1 fully saturated rings. The Labute approximate surface area is 159 Å². The number of rotatable bonds is 9. The second-order valence-electron chi connectivity index (χ2n) is 6.77. The largest absolute Gasteiger partial charge is 0.356 e. The van der Waals surface area contributed by atoms with E-state index in [1.165, 1.54) is 11.6 Å². The van der Waals surface area contributed by atoms with Gasteiger partial charge in [-0.1, -0.05) is 36.4 Å². The van der Waals surface area contributed by atoms with Gasteiger partial charge in [-0.05, 0) is 48.4 Å². The van der Waals surface area contributed by atoms with E-state index in [2.05, 4.69) is 27.8 Å². The normalized spacial score (nSPS) is 18.2. The van der Waals surface area contributed by atoms with Crippen LogP contribution in [0.15, 0.2) is 60.9 Å². The smallest absolute Gasteiger partial charge is 0.243 e. The van der Waals surface area contributed by atoms with Crippen LogP contribution in [0.25, 0.3) is 6.08 Å². The van der Waals surface area contributed by atoms with Crippen LogP contribution in [0, 0.1) is 5.92 Å². The van der Waals surface area contributed by atoms with Crippen molar-refractivity contribution >= 4 is 17.9 Å². The lowest BCUT2D eigenvalue weighted by Gasteiger charge is -2.06. The number of benzene rings is 1. The summed E-state index contributed by atoms with van der Waals surface area (Å²) in [6, 6.07) is 13.9. The lowest BCUT2D eigenvalue weighted by atomic mass is 10.1. The van der Waals surface area contributed by atoms with Crippen molar-refractivity contribution in [3.8, 4) is 0 Å². The summed E-state index contributed by atoms with van der Waals surface area (Å²) in [5.74, 6) is 0.515. The van der Waals surface area contributed by atoms with Crippen molar-refractivity contribution in [3.05, 3.63) is 72.1 Å². The molecule has 1 heterocycles. The average molecular weight is 363 g/mol. The third-order valence-electron chi connectivity index (χ3n) is 4.67. The van der Waals surface area contributed by atoms with Crippen molar-refractivity contribution < 1.29 is 9.59 Å². The summed E-state index contributed by atoms with van der Waals surface area (Å²) in [7, 11) is 0. The third-order valence-corrected chi connectivity index (χ3v) is 4.67. The van der Waals surface area contributed by atoms with Gasteiger partial charge in [-0.15, -0.1) is 0 Å². The number of pyridine rings is 1. The molecule has 27 heavy (non-hydrogen) atoms. The summed E-state index contributed by atoms with van der Waals surface area (Å²) in [4.78, 5) is 27.9. The number of amides is 2. The first kappa shape index (κ1) is 18.8. The van der Waals surface area contributed by atoms with Crippen LogP contribution in [0.5, 0.6) is 0 Å². The monoisotopic (exact) mass is 363 g/mol. The Bertz CT molecular complexity index is 775. The standard InChI is InChI=1S/C22H25N3O2/c26-21(11-10-17-7-6-12-23-16-17)24-13-4-5-14-25-22(27)20-15-19(20)18-8-2-1-3-9-18/h1-3,6-12,16,19-20H,4-5,13-15H2,(H,24,26)(H,25,27)/b11-10+. The fourth-order valence-electron chi connectivity index (χ4n) is 3.06. The number of carbonyl (C=O) groups is 2. The van der Waals surface area contributed by atoms with Crippen molar-refractivity contribution in [2.24, 2.45) is 5.92 Å². The molecule has 0 saturated heterocycles. The van der Waals surface area contributed by atoms with Gasteiger partial charge in [0.05, 0.1) is 0 Å². The molecular weight excluding hydrogens is 338 g/mol. The Morgan fingerprint density at radius 3 is 2.56 bits per heavy atom. The number of unbranched alkanes of at least 4 members (excludes halogenated alkanes) is 1. The van der Waals surface area contributed by atoms with Gasteiger partial charge in [-0.2, -0.15) is 0 Å². The van der Waals surface area contributed by atoms with Crippen molar-refractivity contribution in [1.29, 1.82) is 0 Å². The van der Waals surface area contributed by atoms with Crippen LogP contribution in [0.3, 0.4) is 0 Å². The van der Waals surface area contributed by atoms with E-state index in [1.54, 1.807) is 18.5 Å². The number of nitrogens with one attached hydrogen (secondary N) is 2. The minimum Gasteiger partial charge on any atom is -0.356 e. The Balaban J connectivity index is 1.24. The van der Waals surface area contributed by atoms with Gasteiger partial charge >= 0.3 is 0 Å². The lowest BCUT2D eigenvalue weighted by Crippen LogP contribution is -2.28. The van der Waals surface area contributed by atoms with Crippen LogP contribution in [0.2, 0.25) is 0 Å². The molecule has 1 aliphatic rings. The molecule has 0 bridgehead atoms. The molecule has 5 heteroatoms. The minimum absolute atomic E-state index is 0.115. The summed E-state index contributed by atoms with van der Waals surface area (Å²) in [5.41, 5.74) is 2.14. The van der Waals surface area contributed by atoms with Crippen LogP contribution in [-0.4, -0.2) is 29.9 Å². The highest BCUT2D eigenvalue weighted by Crippen LogP contribution is 2.47. The second-order valence-corrected chi connectivity index (χ2v) is 6.77. The summed E-state index contributed by atoms with van der Waals surface area (Å²) < 4.78 is 0. The number of carbonyl (C=O) groups excluding carboxylic acids is 2. The van der Waals surface area contributed by atoms with E-state index in [0.717, 1.165) is 24.8 Å². The maximum absolute atomic E-state index is 12.2. The fourth-order valence-corrected chi connectivity index (χ4v) is 3.06. The van der Waals surface area contributed by atoms with Crippen LogP contribution < -0.4 is 10.6 Å². The Morgan fingerprint density at radius 1 is 1.04 bits per heavy atom. The summed E-state index contributed by atoms with van der Waals surface area (Å²) in [5, 5.41) is 5.85. The van der Waals surface area contributed by atoms with Crippen molar-refractivity contribution in [2.45, 2.75) is 25.2 Å². The Morgan fingerprint density at radius 2 is 1.81 bits per heavy atom. The first-order valence-corrected chi connectivity index (χ1v) is 9.42. The summed E-state index contributed by atoms with van der Waals surface area (Å²) >= 11 is 0. The quantitative estimate of drug-likeness (QED) is 0.532. The van der Waals surface area contributed by atoms with Gasteiger partial charge < -0.3 is 10.6 Å². The van der Waals surface area contributed by atoms with E-state index in [0.29, 0.717) is 19.0 Å². The van der Waals surface area contributed by atoms with Crippen molar-refractivity contribution in [1.82, 2.24) is 15.6 Å². The molecule has 1 aromatic carbocycles. The molecule has 0 spiro atoms. The van der Waals surface area contributed by atoms with E-state index in [-0.39, 0.29) is 17.7 Å². The molecule has 2 atom stereocenters. The second kappa shape index (κ2) is 9.67. The van der Waals surface area contributed by atoms with Gasteiger partial charge in [0.15, 0.2) is 0 Å². The van der Waals surface area contributed by atoms with E-state index in [4.69, 9.17) is 0 Å². The van der Waals surface area contributed by atoms with Gasteiger partial charge in [0.25, 0.3) is 0 Å². The Kier molecular flexibility index (Phi) is 6.74.